The molecule has 7 heteroatoms. The molecule has 2 aromatic rings. The lowest BCUT2D eigenvalue weighted by Crippen LogP contribution is -2.29. The van der Waals surface area contributed by atoms with E-state index in [4.69, 9.17) is 0 Å². The second-order valence-corrected chi connectivity index (χ2v) is 8.22. The van der Waals surface area contributed by atoms with Crippen molar-refractivity contribution in [3.63, 3.8) is 0 Å². The van der Waals surface area contributed by atoms with Gasteiger partial charge < -0.3 is 15.4 Å². The van der Waals surface area contributed by atoms with Crippen LogP contribution in [0.25, 0.3) is 17.7 Å². The molecule has 3 N–H and O–H groups in total. The van der Waals surface area contributed by atoms with E-state index in [1.807, 2.05) is 60.7 Å². The van der Waals surface area contributed by atoms with Crippen molar-refractivity contribution in [1.82, 2.24) is 10.3 Å². The summed E-state index contributed by atoms with van der Waals surface area (Å²) in [6.07, 6.45) is 15.2. The number of aliphatic imine (C=N–C) groups is 2. The molecule has 1 aromatic carbocycles. The van der Waals surface area contributed by atoms with Gasteiger partial charge in [-0.2, -0.15) is 0 Å². The summed E-state index contributed by atoms with van der Waals surface area (Å²) in [6.45, 7) is 0. The number of carboxylic acids is 1. The van der Waals surface area contributed by atoms with Gasteiger partial charge in [-0.25, -0.2) is 14.8 Å². The lowest BCUT2D eigenvalue weighted by Gasteiger charge is -2.05. The molecule has 0 amide bonds. The fourth-order valence-corrected chi connectivity index (χ4v) is 4.26. The summed E-state index contributed by atoms with van der Waals surface area (Å²) in [7, 11) is 0. The molecule has 0 aliphatic carbocycles. The largest absolute Gasteiger partial charge is 0.478 e. The zero-order valence-corrected chi connectivity index (χ0v) is 17.8. The van der Waals surface area contributed by atoms with Crippen molar-refractivity contribution in [1.29, 1.82) is 0 Å². The van der Waals surface area contributed by atoms with Crippen LogP contribution < -0.4 is 16.0 Å². The van der Waals surface area contributed by atoms with Crippen LogP contribution >= 0.6 is 0 Å². The number of ketones is 1. The number of allylic oxidation sites excluding steroid dienone is 6. The predicted octanol–water partition coefficient (Wildman–Crippen LogP) is 2.03. The van der Waals surface area contributed by atoms with Gasteiger partial charge in [0.1, 0.15) is 6.04 Å². The second-order valence-electron chi connectivity index (χ2n) is 8.22. The highest BCUT2D eigenvalue weighted by molar-refractivity contribution is 6.28. The first-order chi connectivity index (χ1) is 16.5. The smallest absolute Gasteiger partial charge is 0.335 e. The molecular formula is C27H18N4O3. The van der Waals surface area contributed by atoms with Gasteiger partial charge in [0.25, 0.3) is 0 Å². The molecule has 1 atom stereocenters. The molecule has 0 radical (unpaired) electrons. The van der Waals surface area contributed by atoms with Crippen molar-refractivity contribution in [2.45, 2.75) is 6.04 Å². The Labute approximate surface area is 194 Å². The van der Waals surface area contributed by atoms with E-state index >= 15 is 0 Å². The van der Waals surface area contributed by atoms with Gasteiger partial charge in [-0.3, -0.25) is 4.79 Å². The number of aromatic amines is 1. The molecule has 34 heavy (non-hydrogen) atoms. The van der Waals surface area contributed by atoms with Crippen LogP contribution in [0.4, 0.5) is 0 Å². The summed E-state index contributed by atoms with van der Waals surface area (Å²) in [5.41, 5.74) is 5.06. The average molecular weight is 446 g/mol. The van der Waals surface area contributed by atoms with Crippen molar-refractivity contribution in [3.8, 4) is 0 Å². The Morgan fingerprint density at radius 3 is 2.24 bits per heavy atom. The molecule has 4 aliphatic rings. The van der Waals surface area contributed by atoms with Gasteiger partial charge in [0.2, 0.25) is 0 Å². The number of rotatable bonds is 2. The molecule has 8 bridgehead atoms. The Bertz CT molecular complexity index is 1610. The number of fused-ring (bicyclic) bond motifs is 6. The van der Waals surface area contributed by atoms with Crippen molar-refractivity contribution in [3.05, 3.63) is 112 Å². The number of carbonyl (C=O) groups excluding carboxylic acids is 1. The minimum absolute atomic E-state index is 0.0981. The van der Waals surface area contributed by atoms with Crippen molar-refractivity contribution >= 4 is 40.9 Å². The Morgan fingerprint density at radius 2 is 1.50 bits per heavy atom. The number of nitrogens with one attached hydrogen (secondary N) is 2. The highest BCUT2D eigenvalue weighted by atomic mass is 16.4. The van der Waals surface area contributed by atoms with Crippen molar-refractivity contribution in [2.75, 3.05) is 0 Å². The van der Waals surface area contributed by atoms with E-state index in [-0.39, 0.29) is 11.3 Å². The van der Waals surface area contributed by atoms with E-state index in [0.717, 1.165) is 27.8 Å². The molecule has 0 saturated carbocycles. The van der Waals surface area contributed by atoms with Crippen LogP contribution in [0.3, 0.4) is 0 Å². The Kier molecular flexibility index (Phi) is 4.48. The molecule has 7 nitrogen and oxygen atoms in total. The normalized spacial score (nSPS) is 20.2. The Morgan fingerprint density at radius 1 is 0.824 bits per heavy atom. The number of carbonyl (C=O) groups is 2. The van der Waals surface area contributed by atoms with Crippen LogP contribution in [-0.4, -0.2) is 39.3 Å². The van der Waals surface area contributed by atoms with Crippen LogP contribution in [0, 0.1) is 0 Å². The summed E-state index contributed by atoms with van der Waals surface area (Å²) in [5.74, 6) is -1.11. The van der Waals surface area contributed by atoms with Crippen LogP contribution in [0.5, 0.6) is 0 Å². The third-order valence-electron chi connectivity index (χ3n) is 5.86. The molecule has 0 saturated heterocycles. The number of benzene rings is 1. The van der Waals surface area contributed by atoms with E-state index < -0.39 is 12.0 Å². The first-order valence-electron chi connectivity index (χ1n) is 10.8. The third-order valence-corrected chi connectivity index (χ3v) is 5.86. The van der Waals surface area contributed by atoms with Gasteiger partial charge >= 0.3 is 5.97 Å². The van der Waals surface area contributed by atoms with Crippen LogP contribution in [0.15, 0.2) is 99.9 Å². The summed E-state index contributed by atoms with van der Waals surface area (Å²) < 4.78 is 0. The summed E-state index contributed by atoms with van der Waals surface area (Å²) in [6, 6.07) is 9.61. The van der Waals surface area contributed by atoms with Gasteiger partial charge in [-0.1, -0.05) is 12.1 Å². The molecule has 164 valence electrons. The van der Waals surface area contributed by atoms with E-state index in [9.17, 15) is 14.7 Å². The maximum absolute atomic E-state index is 13.5. The first-order valence-corrected chi connectivity index (χ1v) is 10.8. The van der Waals surface area contributed by atoms with E-state index in [1.54, 1.807) is 12.1 Å². The highest BCUT2D eigenvalue weighted by Gasteiger charge is 2.31. The number of carboxylic acid groups (broad SMARTS) is 1. The standard InChI is InChI=1S/C27H18N4O3/c32-26-24-14-22-10-8-20(30-22)12-18-6-5-17(28-18)11-19-7-9-21(29-19)13-23(31-24)25(26)15-1-3-16(4-2-15)27(33)34/h1-14,24,30-31H,(H,33,34). The summed E-state index contributed by atoms with van der Waals surface area (Å²) in [5, 5.41) is 14.2. The number of hydrogen-bond donors (Lipinski definition) is 3. The zero-order valence-electron chi connectivity index (χ0n) is 17.8. The number of aromatic carboxylic acids is 1. The molecule has 1 aromatic heterocycles. The molecule has 0 spiro atoms. The maximum atomic E-state index is 13.5. The average Bonchev–Trinajstić information content (AvgIpc) is 3.60. The van der Waals surface area contributed by atoms with E-state index in [2.05, 4.69) is 20.3 Å². The fourth-order valence-electron chi connectivity index (χ4n) is 4.26. The molecular weight excluding hydrogens is 428 g/mol. The quantitative estimate of drug-likeness (QED) is 0.656. The van der Waals surface area contributed by atoms with Crippen LogP contribution in [-0.2, 0) is 4.79 Å². The first kappa shape index (κ1) is 19.9. The summed E-state index contributed by atoms with van der Waals surface area (Å²) >= 11 is 0. The Balaban J connectivity index is 1.52. The fraction of sp³-hybridized carbons (Fsp3) is 0.0370. The van der Waals surface area contributed by atoms with Crippen LogP contribution in [0.2, 0.25) is 0 Å². The van der Waals surface area contributed by atoms with Gasteiger partial charge in [-0.15, -0.1) is 0 Å². The molecule has 0 fully saturated rings. The van der Waals surface area contributed by atoms with Crippen LogP contribution in [0.1, 0.15) is 15.9 Å². The van der Waals surface area contributed by atoms with E-state index in [0.29, 0.717) is 22.5 Å². The number of H-pyrrole nitrogens is 1. The lowest BCUT2D eigenvalue weighted by atomic mass is 9.97. The zero-order chi connectivity index (χ0) is 23.2. The molecule has 6 rings (SSSR count). The highest BCUT2D eigenvalue weighted by Crippen LogP contribution is 2.29. The minimum atomic E-state index is -1.01. The minimum Gasteiger partial charge on any atom is -0.478 e. The lowest BCUT2D eigenvalue weighted by molar-refractivity contribution is -0.113. The third kappa shape index (κ3) is 3.59. The SMILES string of the molecule is O=C(O)c1ccc(C2=C3C=C4C=CC(=N4)C=C4C=CC(=N4)C=c4ccc([nH]4)=CC(N3)C2=O)cc1. The van der Waals surface area contributed by atoms with Gasteiger partial charge in [0.15, 0.2) is 5.78 Å². The van der Waals surface area contributed by atoms with E-state index in [1.165, 1.54) is 12.1 Å². The summed E-state index contributed by atoms with van der Waals surface area (Å²) in [4.78, 5) is 37.3. The number of hydrogen-bond acceptors (Lipinski definition) is 5. The predicted molar refractivity (Wildman–Crippen MR) is 131 cm³/mol. The van der Waals surface area contributed by atoms with Gasteiger partial charge in [0.05, 0.1) is 34.0 Å². The van der Waals surface area contributed by atoms with Crippen molar-refractivity contribution in [2.24, 2.45) is 9.98 Å². The second kappa shape index (κ2) is 7.67. The topological polar surface area (TPSA) is 107 Å². The van der Waals surface area contributed by atoms with Crippen molar-refractivity contribution < 1.29 is 14.7 Å². The molecule has 4 aliphatic heterocycles. The van der Waals surface area contributed by atoms with Gasteiger partial charge in [0, 0.05) is 16.4 Å². The monoisotopic (exact) mass is 446 g/mol. The number of Topliss-reactive ketones (excluding diaryl/α,β-unsaturated/α-hetero) is 1. The molecule has 5 heterocycles. The maximum Gasteiger partial charge on any atom is 0.335 e. The number of nitrogens with zero attached hydrogens (tertiary/aromatic N) is 2. The Hall–Kier alpha value is -4.78. The number of aromatic nitrogens is 1. The molecule has 1 unspecified atom stereocenters. The van der Waals surface area contributed by atoms with Gasteiger partial charge in [-0.05, 0) is 78.4 Å².